The largest absolute Gasteiger partial charge is 0.382 e. The average Bonchev–Trinajstić information content (AvgIpc) is 2.54. The zero-order chi connectivity index (χ0) is 10.4. The molecule has 0 amide bonds. The number of aryl methyl sites for hydroxylation is 2. The van der Waals surface area contributed by atoms with Crippen molar-refractivity contribution in [3.05, 3.63) is 17.7 Å². The molecule has 0 fully saturated rings. The van der Waals surface area contributed by atoms with E-state index in [1.54, 1.807) is 0 Å². The monoisotopic (exact) mass is 216 g/mol. The van der Waals surface area contributed by atoms with Gasteiger partial charge < -0.3 is 9.30 Å². The van der Waals surface area contributed by atoms with E-state index in [1.165, 1.54) is 0 Å². The second-order valence-electron chi connectivity index (χ2n) is 3.15. The van der Waals surface area contributed by atoms with Gasteiger partial charge in [-0.2, -0.15) is 0 Å². The van der Waals surface area contributed by atoms with E-state index >= 15 is 0 Å². The van der Waals surface area contributed by atoms with Gasteiger partial charge in [0.25, 0.3) is 0 Å². The van der Waals surface area contributed by atoms with Crippen LogP contribution in [0.25, 0.3) is 0 Å². The summed E-state index contributed by atoms with van der Waals surface area (Å²) in [5.41, 5.74) is 2.14. The smallest absolute Gasteiger partial charge is 0.0951 e. The van der Waals surface area contributed by atoms with Crippen LogP contribution in [0, 0.1) is 6.92 Å². The van der Waals surface area contributed by atoms with Crippen molar-refractivity contribution in [3.63, 3.8) is 0 Å². The highest BCUT2D eigenvalue weighted by Gasteiger charge is 2.04. The van der Waals surface area contributed by atoms with Crippen molar-refractivity contribution in [2.75, 3.05) is 13.2 Å². The van der Waals surface area contributed by atoms with Crippen LogP contribution in [0.5, 0.6) is 0 Å². The van der Waals surface area contributed by atoms with E-state index in [9.17, 15) is 0 Å². The summed E-state index contributed by atoms with van der Waals surface area (Å²) in [4.78, 5) is 4.22. The fraction of sp³-hybridized carbons (Fsp3) is 0.700. The average molecular weight is 217 g/mol. The molecular weight excluding hydrogens is 200 g/mol. The molecule has 0 aliphatic carbocycles. The van der Waals surface area contributed by atoms with Gasteiger partial charge in [-0.3, -0.25) is 0 Å². The molecule has 0 aromatic carbocycles. The lowest BCUT2D eigenvalue weighted by Gasteiger charge is -2.06. The molecule has 0 N–H and O–H groups in total. The first-order valence-corrected chi connectivity index (χ1v) is 5.47. The van der Waals surface area contributed by atoms with Gasteiger partial charge in [0, 0.05) is 19.8 Å². The summed E-state index contributed by atoms with van der Waals surface area (Å²) >= 11 is 5.83. The first-order valence-electron chi connectivity index (χ1n) is 4.94. The Hall–Kier alpha value is -0.540. The van der Waals surface area contributed by atoms with Gasteiger partial charge in [0.05, 0.1) is 23.6 Å². The lowest BCUT2D eigenvalue weighted by Crippen LogP contribution is -2.04. The lowest BCUT2D eigenvalue weighted by atomic mass is 10.3. The first kappa shape index (κ1) is 11.5. The SMILES string of the molecule is CCOCCCn1cnc(C)c1CCl. The first-order chi connectivity index (χ1) is 6.79. The third-order valence-corrected chi connectivity index (χ3v) is 2.43. The summed E-state index contributed by atoms with van der Waals surface area (Å²) in [6, 6.07) is 0. The Morgan fingerprint density at radius 2 is 2.36 bits per heavy atom. The molecule has 0 saturated carbocycles. The summed E-state index contributed by atoms with van der Waals surface area (Å²) in [5.74, 6) is 0.528. The minimum absolute atomic E-state index is 0.528. The number of alkyl halides is 1. The van der Waals surface area contributed by atoms with Crippen molar-refractivity contribution in [2.45, 2.75) is 32.7 Å². The van der Waals surface area contributed by atoms with Crippen molar-refractivity contribution in [3.8, 4) is 0 Å². The summed E-state index contributed by atoms with van der Waals surface area (Å²) in [5, 5.41) is 0. The van der Waals surface area contributed by atoms with E-state index < -0.39 is 0 Å². The van der Waals surface area contributed by atoms with Crippen LogP contribution >= 0.6 is 11.6 Å². The number of hydrogen-bond donors (Lipinski definition) is 0. The molecule has 1 rings (SSSR count). The molecule has 0 bridgehead atoms. The number of ether oxygens (including phenoxy) is 1. The topological polar surface area (TPSA) is 27.1 Å². The van der Waals surface area contributed by atoms with E-state index in [4.69, 9.17) is 16.3 Å². The lowest BCUT2D eigenvalue weighted by molar-refractivity contribution is 0.141. The van der Waals surface area contributed by atoms with E-state index in [0.29, 0.717) is 5.88 Å². The molecular formula is C10H17ClN2O. The summed E-state index contributed by atoms with van der Waals surface area (Å²) in [6.45, 7) is 6.51. The van der Waals surface area contributed by atoms with Gasteiger partial charge in [-0.15, -0.1) is 11.6 Å². The number of nitrogens with zero attached hydrogens (tertiary/aromatic N) is 2. The molecule has 0 saturated heterocycles. The molecule has 1 aromatic rings. The third-order valence-electron chi connectivity index (χ3n) is 2.17. The van der Waals surface area contributed by atoms with Crippen molar-refractivity contribution < 1.29 is 4.74 Å². The third kappa shape index (κ3) is 3.00. The van der Waals surface area contributed by atoms with Gasteiger partial charge in [-0.1, -0.05) is 0 Å². The van der Waals surface area contributed by atoms with Crippen molar-refractivity contribution in [2.24, 2.45) is 0 Å². The molecule has 1 aromatic heterocycles. The molecule has 0 spiro atoms. The molecule has 80 valence electrons. The quantitative estimate of drug-likeness (QED) is 0.539. The van der Waals surface area contributed by atoms with Crippen LogP contribution < -0.4 is 0 Å². The predicted octanol–water partition coefficient (Wildman–Crippen LogP) is 2.36. The van der Waals surface area contributed by atoms with Gasteiger partial charge in [0.2, 0.25) is 0 Å². The second-order valence-corrected chi connectivity index (χ2v) is 3.42. The Kier molecular flexibility index (Phi) is 4.98. The minimum Gasteiger partial charge on any atom is -0.382 e. The summed E-state index contributed by atoms with van der Waals surface area (Å²) in [7, 11) is 0. The van der Waals surface area contributed by atoms with Crippen LogP contribution in [-0.4, -0.2) is 22.8 Å². The highest BCUT2D eigenvalue weighted by atomic mass is 35.5. The maximum Gasteiger partial charge on any atom is 0.0951 e. The highest BCUT2D eigenvalue weighted by molar-refractivity contribution is 6.17. The van der Waals surface area contributed by atoms with Gasteiger partial charge in [0.15, 0.2) is 0 Å². The molecule has 4 heteroatoms. The Morgan fingerprint density at radius 1 is 1.57 bits per heavy atom. The normalized spacial score (nSPS) is 10.8. The Bertz CT molecular complexity index is 273. The molecule has 0 unspecified atom stereocenters. The Morgan fingerprint density at radius 3 is 3.00 bits per heavy atom. The standard InChI is InChI=1S/C10H17ClN2O/c1-3-14-6-4-5-13-8-12-9(2)10(13)7-11/h8H,3-7H2,1-2H3. The van der Waals surface area contributed by atoms with Crippen molar-refractivity contribution in [1.29, 1.82) is 0 Å². The van der Waals surface area contributed by atoms with Gasteiger partial charge in [-0.05, 0) is 20.3 Å². The summed E-state index contributed by atoms with van der Waals surface area (Å²) in [6.07, 6.45) is 2.85. The van der Waals surface area contributed by atoms with E-state index in [1.807, 2.05) is 20.2 Å². The van der Waals surface area contributed by atoms with Gasteiger partial charge >= 0.3 is 0 Å². The zero-order valence-electron chi connectivity index (χ0n) is 8.79. The molecule has 0 aliphatic heterocycles. The van der Waals surface area contributed by atoms with E-state index in [0.717, 1.165) is 37.6 Å². The van der Waals surface area contributed by atoms with E-state index in [-0.39, 0.29) is 0 Å². The zero-order valence-corrected chi connectivity index (χ0v) is 9.55. The van der Waals surface area contributed by atoms with Gasteiger partial charge in [-0.25, -0.2) is 4.98 Å². The second kappa shape index (κ2) is 6.04. The Labute approximate surface area is 90.0 Å². The van der Waals surface area contributed by atoms with E-state index in [2.05, 4.69) is 9.55 Å². The van der Waals surface area contributed by atoms with Crippen LogP contribution in [0.3, 0.4) is 0 Å². The molecule has 1 heterocycles. The van der Waals surface area contributed by atoms with Crippen LogP contribution in [0.1, 0.15) is 24.7 Å². The Balaban J connectivity index is 2.42. The molecule has 14 heavy (non-hydrogen) atoms. The molecule has 3 nitrogen and oxygen atoms in total. The fourth-order valence-corrected chi connectivity index (χ4v) is 1.70. The number of aromatic nitrogens is 2. The van der Waals surface area contributed by atoms with Crippen molar-refractivity contribution >= 4 is 11.6 Å². The number of imidazole rings is 1. The van der Waals surface area contributed by atoms with Gasteiger partial charge in [0.1, 0.15) is 0 Å². The van der Waals surface area contributed by atoms with Crippen LogP contribution in [0.2, 0.25) is 0 Å². The predicted molar refractivity (Wildman–Crippen MR) is 57.6 cm³/mol. The number of rotatable bonds is 6. The molecule has 0 atom stereocenters. The highest BCUT2D eigenvalue weighted by Crippen LogP contribution is 2.09. The fourth-order valence-electron chi connectivity index (χ4n) is 1.36. The minimum atomic E-state index is 0.528. The van der Waals surface area contributed by atoms with Crippen LogP contribution in [0.15, 0.2) is 6.33 Å². The number of halogens is 1. The van der Waals surface area contributed by atoms with Crippen molar-refractivity contribution in [1.82, 2.24) is 9.55 Å². The molecule has 0 aliphatic rings. The maximum absolute atomic E-state index is 5.83. The number of hydrogen-bond acceptors (Lipinski definition) is 2. The van der Waals surface area contributed by atoms with Crippen LogP contribution in [0.4, 0.5) is 0 Å². The summed E-state index contributed by atoms with van der Waals surface area (Å²) < 4.78 is 7.37. The van der Waals surface area contributed by atoms with Crippen LogP contribution in [-0.2, 0) is 17.2 Å². The molecule has 0 radical (unpaired) electrons. The maximum atomic E-state index is 5.83.